The van der Waals surface area contributed by atoms with Crippen molar-refractivity contribution in [2.24, 2.45) is 0 Å². The van der Waals surface area contributed by atoms with Crippen molar-refractivity contribution in [3.8, 4) is 11.1 Å². The van der Waals surface area contributed by atoms with E-state index in [4.69, 9.17) is 11.6 Å². The van der Waals surface area contributed by atoms with Gasteiger partial charge in [-0.25, -0.2) is 14.2 Å². The topological polar surface area (TPSA) is 79.8 Å². The van der Waals surface area contributed by atoms with Gasteiger partial charge >= 0.3 is 5.69 Å². The van der Waals surface area contributed by atoms with Crippen molar-refractivity contribution in [1.82, 2.24) is 19.9 Å². The fourth-order valence-electron chi connectivity index (χ4n) is 2.67. The Morgan fingerprint density at radius 3 is 2.88 bits per heavy atom. The molecule has 3 aromatic rings. The summed E-state index contributed by atoms with van der Waals surface area (Å²) in [5.74, 6) is -0.713. The number of hydrogen-bond acceptors (Lipinski definition) is 3. The number of imidazole rings is 1. The van der Waals surface area contributed by atoms with Gasteiger partial charge in [0, 0.05) is 17.8 Å². The second kappa shape index (κ2) is 6.00. The molecule has 6 nitrogen and oxygen atoms in total. The van der Waals surface area contributed by atoms with Crippen LogP contribution in [0.25, 0.3) is 22.3 Å². The molecule has 0 unspecified atom stereocenters. The molecule has 0 atom stereocenters. The maximum absolute atomic E-state index is 13.3. The van der Waals surface area contributed by atoms with Gasteiger partial charge in [-0.2, -0.15) is 0 Å². The molecular weight excluding hydrogens is 347 g/mol. The van der Waals surface area contributed by atoms with Gasteiger partial charge in [-0.05, 0) is 36.6 Å². The molecule has 0 bridgehead atoms. The molecule has 2 heterocycles. The van der Waals surface area contributed by atoms with Crippen LogP contribution >= 0.6 is 11.6 Å². The van der Waals surface area contributed by atoms with E-state index in [9.17, 15) is 14.0 Å². The Labute approximate surface area is 146 Å². The summed E-state index contributed by atoms with van der Waals surface area (Å²) >= 11 is 5.83. The molecule has 128 valence electrons. The van der Waals surface area contributed by atoms with Crippen LogP contribution in [0.15, 0.2) is 35.3 Å². The van der Waals surface area contributed by atoms with Crippen molar-refractivity contribution in [3.63, 3.8) is 0 Å². The Morgan fingerprint density at radius 1 is 1.36 bits per heavy atom. The third-order valence-corrected chi connectivity index (χ3v) is 4.42. The van der Waals surface area contributed by atoms with Gasteiger partial charge in [0.1, 0.15) is 12.4 Å². The Hall–Kier alpha value is -2.67. The van der Waals surface area contributed by atoms with Gasteiger partial charge in [0.2, 0.25) is 5.91 Å². The minimum atomic E-state index is -0.505. The number of hydrogen-bond donors (Lipinski definition) is 2. The Bertz CT molecular complexity index is 1040. The summed E-state index contributed by atoms with van der Waals surface area (Å²) in [4.78, 5) is 31.0. The third kappa shape index (κ3) is 3.15. The number of carbonyl (C=O) groups is 1. The van der Waals surface area contributed by atoms with Crippen LogP contribution in [0.4, 0.5) is 4.39 Å². The van der Waals surface area contributed by atoms with Crippen molar-refractivity contribution in [2.45, 2.75) is 25.4 Å². The summed E-state index contributed by atoms with van der Waals surface area (Å²) in [6, 6.07) is 6.31. The van der Waals surface area contributed by atoms with E-state index in [0.29, 0.717) is 22.3 Å². The van der Waals surface area contributed by atoms with Gasteiger partial charge in [-0.3, -0.25) is 14.3 Å². The third-order valence-electron chi connectivity index (χ3n) is 4.13. The molecule has 25 heavy (non-hydrogen) atoms. The molecule has 8 heteroatoms. The highest BCUT2D eigenvalue weighted by Crippen LogP contribution is 2.26. The highest BCUT2D eigenvalue weighted by atomic mass is 35.5. The number of fused-ring (bicyclic) bond motifs is 1. The first-order valence-corrected chi connectivity index (χ1v) is 8.22. The van der Waals surface area contributed by atoms with E-state index in [2.05, 4.69) is 15.3 Å². The molecule has 1 saturated carbocycles. The molecule has 0 spiro atoms. The first-order chi connectivity index (χ1) is 12.0. The van der Waals surface area contributed by atoms with Crippen LogP contribution in [0, 0.1) is 5.82 Å². The van der Waals surface area contributed by atoms with E-state index in [1.807, 2.05) is 0 Å². The lowest BCUT2D eigenvalue weighted by atomic mass is 10.1. The fourth-order valence-corrected chi connectivity index (χ4v) is 2.85. The minimum Gasteiger partial charge on any atom is -0.352 e. The van der Waals surface area contributed by atoms with Gasteiger partial charge < -0.3 is 5.32 Å². The zero-order valence-electron chi connectivity index (χ0n) is 13.1. The summed E-state index contributed by atoms with van der Waals surface area (Å²) in [5, 5.41) is 2.86. The number of H-pyrrole nitrogens is 1. The van der Waals surface area contributed by atoms with Crippen LogP contribution < -0.4 is 11.0 Å². The van der Waals surface area contributed by atoms with E-state index in [0.717, 1.165) is 12.8 Å². The van der Waals surface area contributed by atoms with E-state index >= 15 is 0 Å². The van der Waals surface area contributed by atoms with Crippen LogP contribution in [0.5, 0.6) is 0 Å². The SMILES string of the molecule is O=C(Cn1c(=O)[nH]c2ncc(-c3ccc(F)c(Cl)c3)cc21)NC1CC1. The highest BCUT2D eigenvalue weighted by molar-refractivity contribution is 6.31. The molecule has 4 rings (SSSR count). The predicted molar refractivity (Wildman–Crippen MR) is 91.9 cm³/mol. The molecule has 1 aromatic carbocycles. The number of rotatable bonds is 4. The molecule has 0 radical (unpaired) electrons. The summed E-state index contributed by atoms with van der Waals surface area (Å²) in [6.07, 6.45) is 3.52. The predicted octanol–water partition coefficient (Wildman–Crippen LogP) is 2.46. The highest BCUT2D eigenvalue weighted by Gasteiger charge is 2.24. The smallest absolute Gasteiger partial charge is 0.328 e. The molecule has 1 amide bonds. The molecule has 0 saturated heterocycles. The zero-order valence-corrected chi connectivity index (χ0v) is 13.8. The van der Waals surface area contributed by atoms with Gasteiger partial charge in [0.15, 0.2) is 5.65 Å². The summed E-state index contributed by atoms with van der Waals surface area (Å²) < 4.78 is 14.7. The van der Waals surface area contributed by atoms with Crippen molar-refractivity contribution < 1.29 is 9.18 Å². The lowest BCUT2D eigenvalue weighted by Crippen LogP contribution is -2.32. The fraction of sp³-hybridized carbons (Fsp3) is 0.235. The Balaban J connectivity index is 1.73. The Morgan fingerprint density at radius 2 is 2.16 bits per heavy atom. The number of pyridine rings is 1. The average Bonchev–Trinajstić information content (AvgIpc) is 3.34. The number of aromatic amines is 1. The van der Waals surface area contributed by atoms with Gasteiger partial charge in [0.25, 0.3) is 0 Å². The summed E-state index contributed by atoms with van der Waals surface area (Å²) in [6.45, 7) is -0.0787. The quantitative estimate of drug-likeness (QED) is 0.750. The number of nitrogens with one attached hydrogen (secondary N) is 2. The number of nitrogens with zero attached hydrogens (tertiary/aromatic N) is 2. The van der Waals surface area contributed by atoms with Crippen molar-refractivity contribution >= 4 is 28.7 Å². The normalized spacial score (nSPS) is 14.0. The molecule has 1 aliphatic carbocycles. The molecule has 1 aliphatic rings. The van der Waals surface area contributed by atoms with E-state index < -0.39 is 11.5 Å². The number of halogens is 2. The number of amides is 1. The Kier molecular flexibility index (Phi) is 3.80. The van der Waals surface area contributed by atoms with Crippen molar-refractivity contribution in [3.05, 3.63) is 51.8 Å². The molecule has 0 aliphatic heterocycles. The average molecular weight is 361 g/mol. The minimum absolute atomic E-state index is 0.00728. The van der Waals surface area contributed by atoms with Gasteiger partial charge in [0.05, 0.1) is 10.5 Å². The van der Waals surface area contributed by atoms with Crippen LogP contribution in [0.1, 0.15) is 12.8 Å². The number of aromatic nitrogens is 3. The van der Waals surface area contributed by atoms with Gasteiger partial charge in [-0.15, -0.1) is 0 Å². The van der Waals surface area contributed by atoms with E-state index in [1.165, 1.54) is 16.7 Å². The van der Waals surface area contributed by atoms with Crippen LogP contribution in [0.2, 0.25) is 5.02 Å². The zero-order chi connectivity index (χ0) is 17.6. The number of benzene rings is 1. The largest absolute Gasteiger partial charge is 0.352 e. The van der Waals surface area contributed by atoms with Crippen LogP contribution in [-0.4, -0.2) is 26.5 Å². The van der Waals surface area contributed by atoms with E-state index in [1.54, 1.807) is 18.3 Å². The lowest BCUT2D eigenvalue weighted by molar-refractivity contribution is -0.121. The first-order valence-electron chi connectivity index (χ1n) is 7.84. The summed E-state index contributed by atoms with van der Waals surface area (Å²) in [7, 11) is 0. The first kappa shape index (κ1) is 15.8. The second-order valence-corrected chi connectivity index (χ2v) is 6.49. The van der Waals surface area contributed by atoms with Crippen molar-refractivity contribution in [1.29, 1.82) is 0 Å². The lowest BCUT2D eigenvalue weighted by Gasteiger charge is -2.06. The molecule has 2 N–H and O–H groups in total. The molecule has 2 aromatic heterocycles. The maximum Gasteiger partial charge on any atom is 0.328 e. The molecule has 1 fully saturated rings. The van der Waals surface area contributed by atoms with E-state index in [-0.39, 0.29) is 23.5 Å². The maximum atomic E-state index is 13.3. The van der Waals surface area contributed by atoms with Crippen molar-refractivity contribution in [2.75, 3.05) is 0 Å². The second-order valence-electron chi connectivity index (χ2n) is 6.08. The number of carbonyl (C=O) groups excluding carboxylic acids is 1. The monoisotopic (exact) mass is 360 g/mol. The standard InChI is InChI=1S/C17H14ClFN4O2/c18-12-5-9(1-4-13(12)19)10-6-14-16(20-7-10)22-17(25)23(14)8-15(24)21-11-2-3-11/h1,4-7,11H,2-3,8H2,(H,21,24)(H,20,22,25). The van der Waals surface area contributed by atoms with Crippen LogP contribution in [-0.2, 0) is 11.3 Å². The molecular formula is C17H14ClFN4O2. The summed E-state index contributed by atoms with van der Waals surface area (Å²) in [5.41, 5.74) is 1.84. The van der Waals surface area contributed by atoms with Gasteiger partial charge in [-0.1, -0.05) is 17.7 Å². The van der Waals surface area contributed by atoms with Crippen LogP contribution in [0.3, 0.4) is 0 Å².